The summed E-state index contributed by atoms with van der Waals surface area (Å²) in [6.45, 7) is 2.64. The molecule has 3 rings (SSSR count). The Bertz CT molecular complexity index is 812. The zero-order valence-corrected chi connectivity index (χ0v) is 16.0. The fourth-order valence-electron chi connectivity index (χ4n) is 3.57. The Morgan fingerprint density at radius 2 is 2.00 bits per heavy atom. The van der Waals surface area contributed by atoms with Gasteiger partial charge in [0.15, 0.2) is 0 Å². The summed E-state index contributed by atoms with van der Waals surface area (Å²) in [6.07, 6.45) is -0.343. The lowest BCUT2D eigenvalue weighted by Crippen LogP contribution is -2.56. The third-order valence-corrected chi connectivity index (χ3v) is 5.20. The van der Waals surface area contributed by atoms with Crippen LogP contribution in [0.4, 0.5) is 11.8 Å². The van der Waals surface area contributed by atoms with Crippen molar-refractivity contribution in [3.8, 4) is 0 Å². The van der Waals surface area contributed by atoms with Crippen molar-refractivity contribution in [1.82, 2.24) is 9.97 Å². The molecule has 0 bridgehead atoms. The minimum atomic E-state index is -1.19. The first-order valence-electron chi connectivity index (χ1n) is 9.05. The molecule has 1 aromatic heterocycles. The maximum absolute atomic E-state index is 12.1. The smallest absolute Gasteiger partial charge is 0.312 e. The summed E-state index contributed by atoms with van der Waals surface area (Å²) in [5.41, 5.74) is 0.558. The molecule has 0 unspecified atom stereocenters. The van der Waals surface area contributed by atoms with Gasteiger partial charge in [-0.15, -0.1) is 0 Å². The molecule has 1 aromatic carbocycles. The van der Waals surface area contributed by atoms with Crippen molar-refractivity contribution in [3.05, 3.63) is 47.7 Å². The molecule has 2 heterocycles. The number of β-amino-alcohol motifs (C(OH)–C–C–N with tert-alkyl or cyclic N) is 1. The second-order valence-electron chi connectivity index (χ2n) is 7.40. The summed E-state index contributed by atoms with van der Waals surface area (Å²) in [6, 6.07) is 11.3. The minimum absolute atomic E-state index is 0.225. The quantitative estimate of drug-likeness (QED) is 0.828. The van der Waals surface area contributed by atoms with Gasteiger partial charge in [0.25, 0.3) is 0 Å². The first kappa shape index (κ1) is 19.1. The van der Waals surface area contributed by atoms with E-state index in [4.69, 9.17) is 0 Å². The van der Waals surface area contributed by atoms with Crippen LogP contribution in [-0.4, -0.2) is 59.4 Å². The van der Waals surface area contributed by atoms with E-state index in [1.807, 2.05) is 67.2 Å². The second-order valence-corrected chi connectivity index (χ2v) is 7.40. The number of anilines is 2. The van der Waals surface area contributed by atoms with Crippen LogP contribution < -0.4 is 9.80 Å². The number of aliphatic hydroxyl groups is 1. The number of piperidine rings is 1. The van der Waals surface area contributed by atoms with Crippen molar-refractivity contribution in [2.75, 3.05) is 37.0 Å². The molecule has 0 aliphatic carbocycles. The maximum atomic E-state index is 12.1. The Balaban J connectivity index is 1.84. The van der Waals surface area contributed by atoms with Gasteiger partial charge in [0.05, 0.1) is 6.10 Å². The zero-order chi connectivity index (χ0) is 19.6. The van der Waals surface area contributed by atoms with E-state index >= 15 is 0 Å². The Morgan fingerprint density at radius 1 is 1.30 bits per heavy atom. The molecule has 1 aliphatic heterocycles. The molecule has 0 saturated carbocycles. The van der Waals surface area contributed by atoms with Gasteiger partial charge in [-0.3, -0.25) is 4.79 Å². The Hall–Kier alpha value is -2.67. The Morgan fingerprint density at radius 3 is 2.59 bits per heavy atom. The molecule has 0 radical (unpaired) electrons. The second kappa shape index (κ2) is 7.52. The van der Waals surface area contributed by atoms with Gasteiger partial charge < -0.3 is 20.0 Å². The number of aromatic nitrogens is 2. The van der Waals surface area contributed by atoms with Gasteiger partial charge in [-0.25, -0.2) is 4.98 Å². The maximum Gasteiger partial charge on any atom is 0.312 e. The predicted octanol–water partition coefficient (Wildman–Crippen LogP) is 1.74. The molecular formula is C20H26N4O3. The summed E-state index contributed by atoms with van der Waals surface area (Å²) in [4.78, 5) is 24.8. The minimum Gasteiger partial charge on any atom is -0.481 e. The van der Waals surface area contributed by atoms with Crippen LogP contribution in [0.1, 0.15) is 17.7 Å². The fourth-order valence-corrected chi connectivity index (χ4v) is 3.57. The number of rotatable bonds is 5. The van der Waals surface area contributed by atoms with Crippen molar-refractivity contribution < 1.29 is 15.0 Å². The average molecular weight is 370 g/mol. The molecule has 7 nitrogen and oxygen atoms in total. The normalized spacial score (nSPS) is 22.5. The van der Waals surface area contributed by atoms with Crippen LogP contribution in [-0.2, 0) is 11.2 Å². The van der Waals surface area contributed by atoms with E-state index in [9.17, 15) is 15.0 Å². The first-order chi connectivity index (χ1) is 12.8. The number of aryl methyl sites for hydroxylation is 1. The third kappa shape index (κ3) is 3.88. The number of nitrogens with zero attached hydrogens (tertiary/aromatic N) is 4. The highest BCUT2D eigenvalue weighted by molar-refractivity contribution is 5.76. The summed E-state index contributed by atoms with van der Waals surface area (Å²) < 4.78 is 0. The van der Waals surface area contributed by atoms with E-state index in [2.05, 4.69) is 9.97 Å². The average Bonchev–Trinajstić information content (AvgIpc) is 2.63. The number of carbonyl (C=O) groups is 1. The molecule has 144 valence electrons. The number of hydrogen-bond donors (Lipinski definition) is 2. The van der Waals surface area contributed by atoms with Crippen molar-refractivity contribution in [2.24, 2.45) is 5.41 Å². The largest absolute Gasteiger partial charge is 0.481 e. The van der Waals surface area contributed by atoms with E-state index < -0.39 is 17.5 Å². The van der Waals surface area contributed by atoms with E-state index in [0.717, 1.165) is 11.3 Å². The molecule has 0 amide bonds. The van der Waals surface area contributed by atoms with Crippen molar-refractivity contribution in [2.45, 2.75) is 25.9 Å². The number of hydrogen-bond acceptors (Lipinski definition) is 6. The molecular weight excluding hydrogens is 344 g/mol. The monoisotopic (exact) mass is 370 g/mol. The van der Waals surface area contributed by atoms with Gasteiger partial charge in [0.2, 0.25) is 5.95 Å². The molecule has 7 heteroatoms. The standard InChI is InChI=1S/C20H26N4O3/c1-14-11-17(22-19(21-14)23(2)3)24-10-9-20(18(26)27,16(25)13-24)12-15-7-5-4-6-8-15/h4-8,11,16,25H,9-10,12-13H2,1-3H3,(H,26,27)/t16-,20+/m0/s1. The number of carboxylic acids is 1. The lowest BCUT2D eigenvalue weighted by atomic mass is 9.71. The van der Waals surface area contributed by atoms with Crippen molar-refractivity contribution in [1.29, 1.82) is 0 Å². The van der Waals surface area contributed by atoms with E-state index in [1.165, 1.54) is 0 Å². The lowest BCUT2D eigenvalue weighted by molar-refractivity contribution is -0.158. The van der Waals surface area contributed by atoms with Gasteiger partial charge >= 0.3 is 5.97 Å². The molecule has 2 atom stereocenters. The molecule has 27 heavy (non-hydrogen) atoms. The predicted molar refractivity (Wildman–Crippen MR) is 104 cm³/mol. The van der Waals surface area contributed by atoms with Crippen molar-refractivity contribution in [3.63, 3.8) is 0 Å². The highest BCUT2D eigenvalue weighted by Gasteiger charge is 2.49. The van der Waals surface area contributed by atoms with Crippen molar-refractivity contribution >= 4 is 17.7 Å². The Labute approximate surface area is 159 Å². The molecule has 1 saturated heterocycles. The van der Waals surface area contributed by atoms with Gasteiger partial charge in [-0.05, 0) is 25.3 Å². The Kier molecular flexibility index (Phi) is 5.32. The topological polar surface area (TPSA) is 89.8 Å². The highest BCUT2D eigenvalue weighted by Crippen LogP contribution is 2.37. The highest BCUT2D eigenvalue weighted by atomic mass is 16.4. The van der Waals surface area contributed by atoms with E-state index in [-0.39, 0.29) is 6.54 Å². The molecule has 1 fully saturated rings. The molecule has 0 spiro atoms. The number of carboxylic acid groups (broad SMARTS) is 1. The third-order valence-electron chi connectivity index (χ3n) is 5.20. The first-order valence-corrected chi connectivity index (χ1v) is 9.05. The molecule has 2 N–H and O–H groups in total. The van der Waals surface area contributed by atoms with Crippen LogP contribution >= 0.6 is 0 Å². The summed E-state index contributed by atoms with van der Waals surface area (Å²) >= 11 is 0. The summed E-state index contributed by atoms with van der Waals surface area (Å²) in [7, 11) is 3.75. The fraction of sp³-hybridized carbons (Fsp3) is 0.450. The molecule has 2 aromatic rings. The lowest BCUT2D eigenvalue weighted by Gasteiger charge is -2.43. The summed E-state index contributed by atoms with van der Waals surface area (Å²) in [5.74, 6) is 0.356. The van der Waals surface area contributed by atoms with E-state index in [0.29, 0.717) is 31.2 Å². The summed E-state index contributed by atoms with van der Waals surface area (Å²) in [5, 5.41) is 20.8. The van der Waals surface area contributed by atoms with Gasteiger partial charge in [-0.2, -0.15) is 4.98 Å². The SMILES string of the molecule is Cc1cc(N2CC[C@](Cc3ccccc3)(C(=O)O)[C@@H](O)C2)nc(N(C)C)n1. The molecule has 1 aliphatic rings. The van der Waals surface area contributed by atoms with Crippen LogP contribution in [0.25, 0.3) is 0 Å². The number of benzene rings is 1. The van der Waals surface area contributed by atoms with Gasteiger partial charge in [-0.1, -0.05) is 30.3 Å². The van der Waals surface area contributed by atoms with Gasteiger partial charge in [0, 0.05) is 38.9 Å². The van der Waals surface area contributed by atoms with Crippen LogP contribution in [0.3, 0.4) is 0 Å². The van der Waals surface area contributed by atoms with Crippen LogP contribution in [0.5, 0.6) is 0 Å². The zero-order valence-electron chi connectivity index (χ0n) is 16.0. The number of aliphatic hydroxyl groups excluding tert-OH is 1. The van der Waals surface area contributed by atoms with E-state index in [1.54, 1.807) is 0 Å². The van der Waals surface area contributed by atoms with Gasteiger partial charge in [0.1, 0.15) is 11.2 Å². The van der Waals surface area contributed by atoms with Crippen LogP contribution in [0.15, 0.2) is 36.4 Å². The van der Waals surface area contributed by atoms with Crippen LogP contribution in [0.2, 0.25) is 0 Å². The number of aliphatic carboxylic acids is 1. The van der Waals surface area contributed by atoms with Crippen LogP contribution in [0, 0.1) is 12.3 Å².